The van der Waals surface area contributed by atoms with Gasteiger partial charge in [-0.05, 0) is 61.2 Å². The third-order valence-corrected chi connectivity index (χ3v) is 7.48. The van der Waals surface area contributed by atoms with E-state index in [4.69, 9.17) is 25.9 Å². The highest BCUT2D eigenvalue weighted by atomic mass is 35.5. The van der Waals surface area contributed by atoms with Gasteiger partial charge in [-0.3, -0.25) is 14.2 Å². The lowest BCUT2D eigenvalue weighted by molar-refractivity contribution is -0.121. The van der Waals surface area contributed by atoms with Gasteiger partial charge in [-0.2, -0.15) is 0 Å². The quantitative estimate of drug-likeness (QED) is 0.359. The van der Waals surface area contributed by atoms with Crippen LogP contribution in [0.1, 0.15) is 54.1 Å². The lowest BCUT2D eigenvalue weighted by Crippen LogP contribution is -2.36. The van der Waals surface area contributed by atoms with Crippen molar-refractivity contribution in [2.75, 3.05) is 25.6 Å². The van der Waals surface area contributed by atoms with Crippen LogP contribution in [0.2, 0.25) is 5.02 Å². The Balaban J connectivity index is 1.53. The fraction of sp³-hybridized carbons (Fsp3) is 0.333. The molecule has 214 valence electrons. The average Bonchev–Trinajstić information content (AvgIpc) is 3.51. The molecular formula is C30H30ClN3O7. The number of methoxy groups -OCH3 is 1. The van der Waals surface area contributed by atoms with Crippen LogP contribution in [0.3, 0.4) is 0 Å². The first kappa shape index (κ1) is 28.4. The van der Waals surface area contributed by atoms with Gasteiger partial charge >= 0.3 is 5.97 Å². The van der Waals surface area contributed by atoms with Crippen molar-refractivity contribution in [3.05, 3.63) is 81.2 Å². The molecule has 2 aliphatic heterocycles. The molecule has 1 fully saturated rings. The van der Waals surface area contributed by atoms with Gasteiger partial charge in [0.1, 0.15) is 18.4 Å². The molecule has 0 spiro atoms. The second kappa shape index (κ2) is 12.6. The van der Waals surface area contributed by atoms with Gasteiger partial charge in [0.05, 0.1) is 30.7 Å². The molecule has 3 heterocycles. The summed E-state index contributed by atoms with van der Waals surface area (Å²) < 4.78 is 13.0. The Morgan fingerprint density at radius 3 is 2.59 bits per heavy atom. The van der Waals surface area contributed by atoms with Crippen molar-refractivity contribution < 1.29 is 29.0 Å². The number of amides is 1. The van der Waals surface area contributed by atoms with E-state index in [2.05, 4.69) is 10.5 Å². The topological polar surface area (TPSA) is 128 Å². The number of hydrogen-bond acceptors (Lipinski definition) is 7. The maximum absolute atomic E-state index is 13.7. The number of ether oxygens (including phenoxy) is 2. The molecule has 11 heteroatoms. The summed E-state index contributed by atoms with van der Waals surface area (Å²) >= 11 is 6.35. The standard InChI is InChI=1S/C30H30ClN3O7/c1-39-27-17-34(28(35)16-24(27)23-14-19(31)7-10-22(23)25-11-13-41-33-25)26(15-21-4-2-3-12-40-21)29(36)32-20-8-5-18(6-9-20)30(37)38/h5-10,14,16-17,21,26H,2-4,11-13,15H2,1H3,(H,32,36)(H,37,38). The summed E-state index contributed by atoms with van der Waals surface area (Å²) in [6.07, 6.45) is 4.92. The van der Waals surface area contributed by atoms with Gasteiger partial charge in [0.15, 0.2) is 0 Å². The SMILES string of the molecule is COc1cn(C(CC2CCCCO2)C(=O)Nc2ccc(C(=O)O)cc2)c(=O)cc1-c1cc(Cl)ccc1C1=NOCC1. The number of carboxylic acids is 1. The molecule has 0 aliphatic carbocycles. The maximum Gasteiger partial charge on any atom is 0.335 e. The number of nitrogens with one attached hydrogen (secondary N) is 1. The third kappa shape index (κ3) is 6.44. The molecule has 5 rings (SSSR count). The Hall–Kier alpha value is -4.15. The first-order chi connectivity index (χ1) is 19.8. The van der Waals surface area contributed by atoms with E-state index in [0.29, 0.717) is 47.2 Å². The van der Waals surface area contributed by atoms with Gasteiger partial charge in [0.2, 0.25) is 5.91 Å². The molecule has 2 unspecified atom stereocenters. The number of carbonyl (C=O) groups is 2. The summed E-state index contributed by atoms with van der Waals surface area (Å²) in [5.74, 6) is -1.12. The zero-order valence-corrected chi connectivity index (χ0v) is 23.2. The zero-order valence-electron chi connectivity index (χ0n) is 22.5. The van der Waals surface area contributed by atoms with E-state index in [1.54, 1.807) is 12.1 Å². The molecule has 41 heavy (non-hydrogen) atoms. The number of hydrogen-bond donors (Lipinski definition) is 2. The Bertz CT molecular complexity index is 1530. The minimum atomic E-state index is -1.07. The van der Waals surface area contributed by atoms with E-state index in [9.17, 15) is 19.5 Å². The number of benzene rings is 2. The Labute approximate surface area is 241 Å². The van der Waals surface area contributed by atoms with Gasteiger partial charge in [-0.15, -0.1) is 0 Å². The van der Waals surface area contributed by atoms with Crippen molar-refractivity contribution in [2.45, 2.75) is 44.2 Å². The van der Waals surface area contributed by atoms with Crippen LogP contribution in [0.15, 0.2) is 64.7 Å². The molecule has 0 bridgehead atoms. The molecule has 0 radical (unpaired) electrons. The highest BCUT2D eigenvalue weighted by molar-refractivity contribution is 6.31. The first-order valence-electron chi connectivity index (χ1n) is 13.4. The van der Waals surface area contributed by atoms with E-state index in [1.165, 1.54) is 48.2 Å². The smallest absolute Gasteiger partial charge is 0.335 e. The normalized spacial score (nSPS) is 17.3. The number of anilines is 1. The molecule has 2 atom stereocenters. The number of pyridine rings is 1. The van der Waals surface area contributed by atoms with Crippen molar-refractivity contribution in [3.63, 3.8) is 0 Å². The molecule has 2 aliphatic rings. The summed E-state index contributed by atoms with van der Waals surface area (Å²) in [5.41, 5.74) is 2.79. The number of halogens is 1. The predicted molar refractivity (Wildman–Crippen MR) is 154 cm³/mol. The molecule has 2 aromatic carbocycles. The summed E-state index contributed by atoms with van der Waals surface area (Å²) in [5, 5.41) is 16.6. The first-order valence-corrected chi connectivity index (χ1v) is 13.8. The largest absolute Gasteiger partial charge is 0.495 e. The van der Waals surface area contributed by atoms with Crippen LogP contribution in [-0.4, -0.2) is 53.7 Å². The van der Waals surface area contributed by atoms with E-state index in [0.717, 1.165) is 30.5 Å². The van der Waals surface area contributed by atoms with Crippen LogP contribution in [0.4, 0.5) is 5.69 Å². The maximum atomic E-state index is 13.7. The number of carbonyl (C=O) groups excluding carboxylic acids is 1. The van der Waals surface area contributed by atoms with Crippen LogP contribution in [0.5, 0.6) is 5.75 Å². The zero-order chi connectivity index (χ0) is 28.9. The predicted octanol–water partition coefficient (Wildman–Crippen LogP) is 5.14. The van der Waals surface area contributed by atoms with Crippen LogP contribution < -0.4 is 15.6 Å². The van der Waals surface area contributed by atoms with Crippen molar-refractivity contribution in [2.24, 2.45) is 5.16 Å². The van der Waals surface area contributed by atoms with E-state index < -0.39 is 23.5 Å². The summed E-state index contributed by atoms with van der Waals surface area (Å²) in [6, 6.07) is 11.7. The average molecular weight is 580 g/mol. The number of rotatable bonds is 9. The fourth-order valence-corrected chi connectivity index (χ4v) is 5.31. The van der Waals surface area contributed by atoms with Gasteiger partial charge in [-0.1, -0.05) is 22.8 Å². The number of carboxylic acid groups (broad SMARTS) is 1. The second-order valence-electron chi connectivity index (χ2n) is 9.92. The summed E-state index contributed by atoms with van der Waals surface area (Å²) in [7, 11) is 1.50. The Kier molecular flexibility index (Phi) is 8.70. The van der Waals surface area contributed by atoms with E-state index in [1.807, 2.05) is 6.07 Å². The van der Waals surface area contributed by atoms with Crippen LogP contribution in [-0.2, 0) is 14.4 Å². The van der Waals surface area contributed by atoms with Gasteiger partial charge < -0.3 is 24.7 Å². The van der Waals surface area contributed by atoms with E-state index >= 15 is 0 Å². The molecule has 10 nitrogen and oxygen atoms in total. The number of oxime groups is 1. The molecule has 2 N–H and O–H groups in total. The van der Waals surface area contributed by atoms with Crippen molar-refractivity contribution in [3.8, 4) is 16.9 Å². The number of nitrogens with zero attached hydrogens (tertiary/aromatic N) is 2. The molecule has 0 saturated carbocycles. The third-order valence-electron chi connectivity index (χ3n) is 7.25. The fourth-order valence-electron chi connectivity index (χ4n) is 5.14. The Morgan fingerprint density at radius 2 is 1.93 bits per heavy atom. The summed E-state index contributed by atoms with van der Waals surface area (Å²) in [6.45, 7) is 1.06. The lowest BCUT2D eigenvalue weighted by Gasteiger charge is -2.28. The monoisotopic (exact) mass is 579 g/mol. The van der Waals surface area contributed by atoms with Crippen molar-refractivity contribution in [1.29, 1.82) is 0 Å². The van der Waals surface area contributed by atoms with E-state index in [-0.39, 0.29) is 18.1 Å². The van der Waals surface area contributed by atoms with Gasteiger partial charge in [0, 0.05) is 47.4 Å². The lowest BCUT2D eigenvalue weighted by atomic mass is 9.95. The Morgan fingerprint density at radius 1 is 1.12 bits per heavy atom. The minimum absolute atomic E-state index is 0.0993. The molecule has 1 amide bonds. The van der Waals surface area contributed by atoms with Gasteiger partial charge in [-0.25, -0.2) is 4.79 Å². The second-order valence-corrected chi connectivity index (χ2v) is 10.4. The molecule has 1 saturated heterocycles. The minimum Gasteiger partial charge on any atom is -0.495 e. The summed E-state index contributed by atoms with van der Waals surface area (Å²) in [4.78, 5) is 43.8. The van der Waals surface area contributed by atoms with Gasteiger partial charge in [0.25, 0.3) is 5.56 Å². The highest BCUT2D eigenvalue weighted by Crippen LogP contribution is 2.35. The molecule has 3 aromatic rings. The van der Waals surface area contributed by atoms with Crippen molar-refractivity contribution >= 4 is 34.9 Å². The van der Waals surface area contributed by atoms with Crippen LogP contribution in [0.25, 0.3) is 11.1 Å². The molecular weight excluding hydrogens is 550 g/mol. The highest BCUT2D eigenvalue weighted by Gasteiger charge is 2.29. The number of aromatic carboxylic acids is 1. The molecule has 1 aromatic heterocycles. The van der Waals surface area contributed by atoms with Crippen LogP contribution in [0, 0.1) is 0 Å². The van der Waals surface area contributed by atoms with Crippen molar-refractivity contribution in [1.82, 2.24) is 4.57 Å². The number of aromatic nitrogens is 1. The van der Waals surface area contributed by atoms with Crippen LogP contribution >= 0.6 is 11.6 Å².